The van der Waals surface area contributed by atoms with E-state index in [4.69, 9.17) is 11.6 Å². The lowest BCUT2D eigenvalue weighted by atomic mass is 10.0. The van der Waals surface area contributed by atoms with E-state index in [1.54, 1.807) is 18.2 Å². The van der Waals surface area contributed by atoms with Gasteiger partial charge >= 0.3 is 0 Å². The second-order valence-electron chi connectivity index (χ2n) is 7.96. The number of amides is 3. The van der Waals surface area contributed by atoms with Crippen LogP contribution in [0.25, 0.3) is 0 Å². The number of anilines is 1. The summed E-state index contributed by atoms with van der Waals surface area (Å²) >= 11 is 6.09. The number of hydrogen-bond acceptors (Lipinski definition) is 3. The number of carbonyl (C=O) groups is 3. The third-order valence-corrected chi connectivity index (χ3v) is 5.99. The number of rotatable bonds is 6. The molecule has 1 heterocycles. The van der Waals surface area contributed by atoms with Gasteiger partial charge in [0.2, 0.25) is 5.91 Å². The molecule has 3 amide bonds. The molecule has 1 aliphatic heterocycles. The molecule has 3 aromatic rings. The standard InChI is InChI=1S/C26H22ClFN2O3/c1-17-5-2-3-8-22(17)25(32)29(14-13-18-6-4-7-19(27)15-18)23-16-24(31)30(26(23)33)21-11-9-20(28)10-12-21/h2-12,15,23H,13-14,16H2,1H3. The van der Waals surface area contributed by atoms with E-state index in [0.29, 0.717) is 17.0 Å². The van der Waals surface area contributed by atoms with E-state index < -0.39 is 23.7 Å². The van der Waals surface area contributed by atoms with Gasteiger partial charge in [-0.05, 0) is 66.9 Å². The van der Waals surface area contributed by atoms with Crippen LogP contribution in [0.2, 0.25) is 5.02 Å². The van der Waals surface area contributed by atoms with Gasteiger partial charge in [-0.15, -0.1) is 0 Å². The predicted molar refractivity (Wildman–Crippen MR) is 125 cm³/mol. The smallest absolute Gasteiger partial charge is 0.257 e. The van der Waals surface area contributed by atoms with Gasteiger partial charge in [0.05, 0.1) is 12.1 Å². The number of aryl methyl sites for hydroxylation is 1. The van der Waals surface area contributed by atoms with Crippen LogP contribution in [0.5, 0.6) is 0 Å². The molecular formula is C26H22ClFN2O3. The number of halogens is 2. The SMILES string of the molecule is Cc1ccccc1C(=O)N(CCc1cccc(Cl)c1)C1CC(=O)N(c2ccc(F)cc2)C1=O. The molecule has 1 unspecified atom stereocenters. The lowest BCUT2D eigenvalue weighted by Crippen LogP contribution is -2.46. The van der Waals surface area contributed by atoms with E-state index in [2.05, 4.69) is 0 Å². The molecule has 1 fully saturated rings. The van der Waals surface area contributed by atoms with Crippen LogP contribution >= 0.6 is 11.6 Å². The molecule has 0 aliphatic carbocycles. The summed E-state index contributed by atoms with van der Waals surface area (Å²) in [7, 11) is 0. The van der Waals surface area contributed by atoms with Gasteiger partial charge in [-0.25, -0.2) is 9.29 Å². The number of benzene rings is 3. The Morgan fingerprint density at radius 1 is 1.06 bits per heavy atom. The van der Waals surface area contributed by atoms with Crippen molar-refractivity contribution >= 4 is 35.0 Å². The highest BCUT2D eigenvalue weighted by Crippen LogP contribution is 2.28. The summed E-state index contributed by atoms with van der Waals surface area (Å²) in [5.41, 5.74) is 2.45. The fourth-order valence-corrected chi connectivity index (χ4v) is 4.24. The molecule has 1 saturated heterocycles. The first kappa shape index (κ1) is 22.7. The second-order valence-corrected chi connectivity index (χ2v) is 8.39. The molecule has 7 heteroatoms. The Hall–Kier alpha value is -3.51. The van der Waals surface area contributed by atoms with Gasteiger partial charge < -0.3 is 4.90 Å². The van der Waals surface area contributed by atoms with Crippen LogP contribution < -0.4 is 4.90 Å². The van der Waals surface area contributed by atoms with Crippen molar-refractivity contribution in [2.45, 2.75) is 25.8 Å². The van der Waals surface area contributed by atoms with E-state index >= 15 is 0 Å². The first-order valence-corrected chi connectivity index (χ1v) is 11.0. The van der Waals surface area contributed by atoms with Gasteiger partial charge in [-0.2, -0.15) is 0 Å². The molecule has 0 radical (unpaired) electrons. The Morgan fingerprint density at radius 2 is 1.79 bits per heavy atom. The summed E-state index contributed by atoms with van der Waals surface area (Å²) in [5.74, 6) is -1.71. The minimum Gasteiger partial charge on any atom is -0.326 e. The highest BCUT2D eigenvalue weighted by atomic mass is 35.5. The average Bonchev–Trinajstić information content (AvgIpc) is 3.08. The quantitative estimate of drug-likeness (QED) is 0.492. The van der Waals surface area contributed by atoms with Crippen molar-refractivity contribution in [2.75, 3.05) is 11.4 Å². The van der Waals surface area contributed by atoms with Crippen molar-refractivity contribution in [3.05, 3.63) is 100 Å². The van der Waals surface area contributed by atoms with Gasteiger partial charge in [0.1, 0.15) is 11.9 Å². The number of nitrogens with zero attached hydrogens (tertiary/aromatic N) is 2. The summed E-state index contributed by atoms with van der Waals surface area (Å²) in [5, 5.41) is 0.582. The normalized spacial score (nSPS) is 15.7. The van der Waals surface area contributed by atoms with Crippen LogP contribution in [0.4, 0.5) is 10.1 Å². The second kappa shape index (κ2) is 9.55. The lowest BCUT2D eigenvalue weighted by Gasteiger charge is -2.28. The Morgan fingerprint density at radius 3 is 2.48 bits per heavy atom. The number of imide groups is 1. The average molecular weight is 465 g/mol. The Bertz CT molecular complexity index is 1210. The molecule has 5 nitrogen and oxygen atoms in total. The lowest BCUT2D eigenvalue weighted by molar-refractivity contribution is -0.122. The molecule has 0 N–H and O–H groups in total. The van der Waals surface area contributed by atoms with Gasteiger partial charge in [0.25, 0.3) is 11.8 Å². The van der Waals surface area contributed by atoms with Gasteiger partial charge in [-0.1, -0.05) is 41.9 Å². The summed E-state index contributed by atoms with van der Waals surface area (Å²) in [4.78, 5) is 42.2. The molecular weight excluding hydrogens is 443 g/mol. The number of carbonyl (C=O) groups excluding carboxylic acids is 3. The maximum atomic E-state index is 13.5. The zero-order valence-electron chi connectivity index (χ0n) is 18.0. The fourth-order valence-electron chi connectivity index (χ4n) is 4.03. The molecule has 0 bridgehead atoms. The summed E-state index contributed by atoms with van der Waals surface area (Å²) < 4.78 is 13.3. The third-order valence-electron chi connectivity index (χ3n) is 5.75. The van der Waals surface area contributed by atoms with E-state index in [0.717, 1.165) is 16.0 Å². The van der Waals surface area contributed by atoms with Crippen LogP contribution in [-0.2, 0) is 16.0 Å². The van der Waals surface area contributed by atoms with Gasteiger partial charge in [-0.3, -0.25) is 14.4 Å². The molecule has 3 aromatic carbocycles. The first-order valence-electron chi connectivity index (χ1n) is 10.6. The van der Waals surface area contributed by atoms with Crippen molar-refractivity contribution in [1.82, 2.24) is 4.90 Å². The summed E-state index contributed by atoms with van der Waals surface area (Å²) in [6.45, 7) is 2.06. The van der Waals surface area contributed by atoms with Crippen molar-refractivity contribution in [3.63, 3.8) is 0 Å². The van der Waals surface area contributed by atoms with Crippen molar-refractivity contribution in [1.29, 1.82) is 0 Å². The molecule has 0 spiro atoms. The maximum Gasteiger partial charge on any atom is 0.257 e. The van der Waals surface area contributed by atoms with E-state index in [1.807, 2.05) is 37.3 Å². The van der Waals surface area contributed by atoms with Gasteiger partial charge in [0.15, 0.2) is 0 Å². The van der Waals surface area contributed by atoms with Crippen LogP contribution in [0.15, 0.2) is 72.8 Å². The molecule has 4 rings (SSSR count). The largest absolute Gasteiger partial charge is 0.326 e. The molecule has 0 aromatic heterocycles. The molecule has 0 saturated carbocycles. The third kappa shape index (κ3) is 4.81. The fraction of sp³-hybridized carbons (Fsp3) is 0.192. The Balaban J connectivity index is 1.65. The van der Waals surface area contributed by atoms with E-state index in [9.17, 15) is 18.8 Å². The van der Waals surface area contributed by atoms with E-state index in [-0.39, 0.29) is 24.6 Å². The topological polar surface area (TPSA) is 57.7 Å². The summed E-state index contributed by atoms with van der Waals surface area (Å²) in [6, 6.07) is 18.6. The van der Waals surface area contributed by atoms with Crippen LogP contribution in [0.1, 0.15) is 27.9 Å². The van der Waals surface area contributed by atoms with Crippen molar-refractivity contribution in [2.24, 2.45) is 0 Å². The Kier molecular flexibility index (Phi) is 6.56. The van der Waals surface area contributed by atoms with Crippen molar-refractivity contribution in [3.8, 4) is 0 Å². The molecule has 1 atom stereocenters. The monoisotopic (exact) mass is 464 g/mol. The zero-order valence-corrected chi connectivity index (χ0v) is 18.8. The predicted octanol–water partition coefficient (Wildman–Crippen LogP) is 4.80. The highest BCUT2D eigenvalue weighted by Gasteiger charge is 2.44. The minimum atomic E-state index is -0.950. The zero-order chi connectivity index (χ0) is 23.5. The maximum absolute atomic E-state index is 13.5. The minimum absolute atomic E-state index is 0.136. The molecule has 33 heavy (non-hydrogen) atoms. The first-order chi connectivity index (χ1) is 15.8. The van der Waals surface area contributed by atoms with E-state index in [1.165, 1.54) is 29.2 Å². The van der Waals surface area contributed by atoms with Crippen LogP contribution in [0, 0.1) is 12.7 Å². The Labute approximate surface area is 196 Å². The highest BCUT2D eigenvalue weighted by molar-refractivity contribution is 6.30. The van der Waals surface area contributed by atoms with Crippen molar-refractivity contribution < 1.29 is 18.8 Å². The summed E-state index contributed by atoms with van der Waals surface area (Å²) in [6.07, 6.45) is 0.329. The van der Waals surface area contributed by atoms with Crippen LogP contribution in [-0.4, -0.2) is 35.2 Å². The molecule has 1 aliphatic rings. The van der Waals surface area contributed by atoms with Gasteiger partial charge in [0, 0.05) is 17.1 Å². The number of hydrogen-bond donors (Lipinski definition) is 0. The molecule has 168 valence electrons. The van der Waals surface area contributed by atoms with Crippen LogP contribution in [0.3, 0.4) is 0 Å².